The van der Waals surface area contributed by atoms with Crippen LogP contribution in [0.15, 0.2) is 30.3 Å². The Morgan fingerprint density at radius 3 is 2.40 bits per heavy atom. The average Bonchev–Trinajstić information content (AvgIpc) is 2.70. The molecule has 2 rings (SSSR count). The molecule has 0 bridgehead atoms. The molecule has 0 aliphatic heterocycles. The summed E-state index contributed by atoms with van der Waals surface area (Å²) in [4.78, 5) is 23.5. The van der Waals surface area contributed by atoms with Crippen molar-refractivity contribution in [3.63, 3.8) is 0 Å². The first kappa shape index (κ1) is 25.2. The summed E-state index contributed by atoms with van der Waals surface area (Å²) in [6, 6.07) is 7.14. The number of nitrogens with one attached hydrogen (secondary N) is 1. The van der Waals surface area contributed by atoms with Crippen LogP contribution in [0.25, 0.3) is 0 Å². The molecule has 0 heterocycles. The van der Waals surface area contributed by atoms with Crippen molar-refractivity contribution >= 4 is 79.8 Å². The molecule has 30 heavy (non-hydrogen) atoms. The zero-order valence-corrected chi connectivity index (χ0v) is 22.4. The summed E-state index contributed by atoms with van der Waals surface area (Å²) in [7, 11) is 0. The van der Waals surface area contributed by atoms with Gasteiger partial charge in [0.2, 0.25) is 0 Å². The molecule has 162 valence electrons. The summed E-state index contributed by atoms with van der Waals surface area (Å²) in [6.45, 7) is 2.23. The SMILES string of the molecule is CCCCOC(=O)NC(Cc1cc(I)c(Oc2ccc(O)cc2)c(I)c1I)C(=O)O. The number of carbonyl (C=O) groups is 2. The van der Waals surface area contributed by atoms with Gasteiger partial charge in [0, 0.05) is 9.99 Å². The standard InChI is InChI=1S/C20H20I3NO6/c1-2-3-8-29-20(28)24-15(19(26)27)10-11-9-14(21)18(17(23)16(11)22)30-13-6-4-12(25)5-7-13/h4-7,9,15,25H,2-3,8,10H2,1H3,(H,24,28)(H,26,27). The number of ether oxygens (including phenoxy) is 2. The number of phenols is 1. The van der Waals surface area contributed by atoms with Crippen LogP contribution in [0.2, 0.25) is 0 Å². The summed E-state index contributed by atoms with van der Waals surface area (Å²) in [5.41, 5.74) is 0.781. The summed E-state index contributed by atoms with van der Waals surface area (Å²) in [6.07, 6.45) is 0.982. The number of phenolic OH excluding ortho intramolecular Hbond substituents is 1. The van der Waals surface area contributed by atoms with E-state index in [0.717, 1.165) is 29.1 Å². The monoisotopic (exact) mass is 751 g/mol. The van der Waals surface area contributed by atoms with Crippen LogP contribution in [0, 0.1) is 10.7 Å². The van der Waals surface area contributed by atoms with E-state index in [1.54, 1.807) is 12.1 Å². The third-order valence-electron chi connectivity index (χ3n) is 3.99. The van der Waals surface area contributed by atoms with E-state index in [0.29, 0.717) is 11.5 Å². The second-order valence-electron chi connectivity index (χ2n) is 6.30. The van der Waals surface area contributed by atoms with Gasteiger partial charge >= 0.3 is 12.1 Å². The molecule has 1 atom stereocenters. The molecule has 7 nitrogen and oxygen atoms in total. The quantitative estimate of drug-likeness (QED) is 0.177. The molecule has 10 heteroatoms. The number of unbranched alkanes of at least 4 members (excludes halogenated alkanes) is 1. The van der Waals surface area contributed by atoms with Crippen LogP contribution in [0.1, 0.15) is 25.3 Å². The minimum absolute atomic E-state index is 0.113. The van der Waals surface area contributed by atoms with E-state index in [-0.39, 0.29) is 18.8 Å². The molecule has 1 unspecified atom stereocenters. The largest absolute Gasteiger partial charge is 0.508 e. The third-order valence-corrected chi connectivity index (χ3v) is 8.09. The molecule has 0 aliphatic rings. The minimum atomic E-state index is -1.13. The normalized spacial score (nSPS) is 11.6. The van der Waals surface area contributed by atoms with Gasteiger partial charge in [-0.1, -0.05) is 13.3 Å². The molecule has 0 aromatic heterocycles. The topological polar surface area (TPSA) is 105 Å². The first-order valence-electron chi connectivity index (χ1n) is 9.02. The number of aromatic hydroxyl groups is 1. The van der Waals surface area contributed by atoms with E-state index < -0.39 is 18.1 Å². The van der Waals surface area contributed by atoms with Gasteiger partial charge in [0.1, 0.15) is 17.5 Å². The maximum Gasteiger partial charge on any atom is 0.407 e. The van der Waals surface area contributed by atoms with Gasteiger partial charge in [0.05, 0.1) is 13.7 Å². The van der Waals surface area contributed by atoms with E-state index >= 15 is 0 Å². The smallest absolute Gasteiger partial charge is 0.407 e. The van der Waals surface area contributed by atoms with E-state index in [1.165, 1.54) is 12.1 Å². The van der Waals surface area contributed by atoms with E-state index in [9.17, 15) is 19.8 Å². The van der Waals surface area contributed by atoms with Crippen LogP contribution in [0.4, 0.5) is 4.79 Å². The lowest BCUT2D eigenvalue weighted by Gasteiger charge is -2.18. The molecular formula is C20H20I3NO6. The number of rotatable bonds is 9. The van der Waals surface area contributed by atoms with Crippen LogP contribution < -0.4 is 10.1 Å². The van der Waals surface area contributed by atoms with Crippen molar-refractivity contribution in [1.29, 1.82) is 0 Å². The van der Waals surface area contributed by atoms with Crippen LogP contribution in [0.3, 0.4) is 0 Å². The van der Waals surface area contributed by atoms with Crippen molar-refractivity contribution in [2.24, 2.45) is 0 Å². The van der Waals surface area contributed by atoms with Crippen LogP contribution in [-0.4, -0.2) is 34.9 Å². The van der Waals surface area contributed by atoms with E-state index in [4.69, 9.17) is 9.47 Å². The fraction of sp³-hybridized carbons (Fsp3) is 0.300. The predicted octanol–water partition coefficient (Wildman–Crippen LogP) is 5.52. The minimum Gasteiger partial charge on any atom is -0.508 e. The molecule has 1 amide bonds. The van der Waals surface area contributed by atoms with E-state index in [1.807, 2.05) is 13.0 Å². The van der Waals surface area contributed by atoms with Crippen molar-refractivity contribution in [3.8, 4) is 17.2 Å². The Hall–Kier alpha value is -1.03. The van der Waals surface area contributed by atoms with Crippen molar-refractivity contribution in [2.75, 3.05) is 6.61 Å². The maximum atomic E-state index is 11.9. The zero-order valence-electron chi connectivity index (χ0n) is 16.0. The predicted molar refractivity (Wildman–Crippen MR) is 137 cm³/mol. The number of hydrogen-bond donors (Lipinski definition) is 3. The maximum absolute atomic E-state index is 11.9. The van der Waals surface area contributed by atoms with Gasteiger partial charge in [-0.2, -0.15) is 0 Å². The highest BCUT2D eigenvalue weighted by Crippen LogP contribution is 2.37. The first-order valence-corrected chi connectivity index (χ1v) is 12.3. The average molecular weight is 751 g/mol. The van der Waals surface area contributed by atoms with Crippen molar-refractivity contribution in [3.05, 3.63) is 46.6 Å². The molecule has 0 fully saturated rings. The third kappa shape index (κ3) is 7.28. The van der Waals surface area contributed by atoms with Gasteiger partial charge < -0.3 is 25.0 Å². The summed E-state index contributed by atoms with van der Waals surface area (Å²) in [5.74, 6) is 0.241. The first-order chi connectivity index (χ1) is 14.2. The van der Waals surface area contributed by atoms with Crippen LogP contribution >= 0.6 is 67.8 Å². The lowest BCUT2D eigenvalue weighted by atomic mass is 10.1. The van der Waals surface area contributed by atoms with Crippen LogP contribution in [-0.2, 0) is 16.0 Å². The van der Waals surface area contributed by atoms with Gasteiger partial charge in [0.15, 0.2) is 5.75 Å². The van der Waals surface area contributed by atoms with Gasteiger partial charge in [0.25, 0.3) is 0 Å². The Kier molecular flexibility index (Phi) is 10.2. The summed E-state index contributed by atoms with van der Waals surface area (Å²) < 4.78 is 13.5. The number of hydrogen-bond acceptors (Lipinski definition) is 5. The highest BCUT2D eigenvalue weighted by molar-refractivity contribution is 14.1. The lowest BCUT2D eigenvalue weighted by Crippen LogP contribution is -2.42. The number of carboxylic acids is 1. The van der Waals surface area contributed by atoms with Gasteiger partial charge in [-0.3, -0.25) is 0 Å². The molecule has 0 spiro atoms. The molecule has 0 radical (unpaired) electrons. The highest BCUT2D eigenvalue weighted by atomic mass is 127. The number of benzene rings is 2. The van der Waals surface area contributed by atoms with Gasteiger partial charge in [-0.25, -0.2) is 9.59 Å². The van der Waals surface area contributed by atoms with Gasteiger partial charge in [-0.05, 0) is 110 Å². The molecular weight excluding hydrogens is 731 g/mol. The van der Waals surface area contributed by atoms with Crippen molar-refractivity contribution in [2.45, 2.75) is 32.2 Å². The second-order valence-corrected chi connectivity index (χ2v) is 9.62. The number of alkyl carbamates (subject to hydrolysis) is 1. The summed E-state index contributed by atoms with van der Waals surface area (Å²) in [5, 5.41) is 21.4. The van der Waals surface area contributed by atoms with Crippen molar-refractivity contribution in [1.82, 2.24) is 5.32 Å². The van der Waals surface area contributed by atoms with Crippen molar-refractivity contribution < 1.29 is 29.3 Å². The lowest BCUT2D eigenvalue weighted by molar-refractivity contribution is -0.139. The Labute approximate surface area is 215 Å². The Balaban J connectivity index is 2.19. The highest BCUT2D eigenvalue weighted by Gasteiger charge is 2.24. The van der Waals surface area contributed by atoms with Crippen LogP contribution in [0.5, 0.6) is 17.2 Å². The summed E-state index contributed by atoms with van der Waals surface area (Å²) >= 11 is 6.43. The number of aliphatic carboxylic acids is 1. The van der Waals surface area contributed by atoms with Gasteiger partial charge in [-0.15, -0.1) is 0 Å². The second kappa shape index (κ2) is 12.1. The molecule has 2 aromatic carbocycles. The molecule has 0 saturated heterocycles. The number of halogens is 3. The fourth-order valence-electron chi connectivity index (χ4n) is 2.41. The number of amides is 1. The molecule has 2 aromatic rings. The zero-order chi connectivity index (χ0) is 22.3. The Morgan fingerprint density at radius 2 is 1.80 bits per heavy atom. The molecule has 0 saturated carbocycles. The molecule has 0 aliphatic carbocycles. The number of carbonyl (C=O) groups excluding carboxylic acids is 1. The number of carboxylic acid groups (broad SMARTS) is 1. The molecule has 3 N–H and O–H groups in total. The Morgan fingerprint density at radius 1 is 1.13 bits per heavy atom. The van der Waals surface area contributed by atoms with E-state index in [2.05, 4.69) is 73.1 Å². The Bertz CT molecular complexity index is 904. The fourth-order valence-corrected chi connectivity index (χ4v) is 5.05.